The smallest absolute Gasteiger partial charge is 0.307 e. The molecule has 0 heterocycles. The summed E-state index contributed by atoms with van der Waals surface area (Å²) >= 11 is 0. The Labute approximate surface area is 119 Å². The van der Waals surface area contributed by atoms with Crippen molar-refractivity contribution in [2.45, 2.75) is 45.4 Å². The zero-order chi connectivity index (χ0) is 15.1. The average Bonchev–Trinajstić information content (AvgIpc) is 2.42. The molecule has 2 unspecified atom stereocenters. The number of carbonyl (C=O) groups excluding carboxylic acids is 2. The lowest BCUT2D eigenvalue weighted by atomic mass is 9.78. The summed E-state index contributed by atoms with van der Waals surface area (Å²) in [6, 6.07) is 0. The number of carbonyl (C=O) groups is 3. The number of rotatable bonds is 7. The van der Waals surface area contributed by atoms with Crippen LogP contribution in [0.15, 0.2) is 0 Å². The second kappa shape index (κ2) is 7.87. The number of carboxylic acid groups (broad SMARTS) is 1. The molecule has 0 aromatic rings. The molecule has 2 atom stereocenters. The van der Waals surface area contributed by atoms with Crippen molar-refractivity contribution >= 4 is 17.8 Å². The van der Waals surface area contributed by atoms with Gasteiger partial charge in [0.1, 0.15) is 0 Å². The quantitative estimate of drug-likeness (QED) is 0.728. The van der Waals surface area contributed by atoms with Gasteiger partial charge in [-0.25, -0.2) is 0 Å². The van der Waals surface area contributed by atoms with Gasteiger partial charge in [0.05, 0.1) is 18.4 Å². The summed E-state index contributed by atoms with van der Waals surface area (Å²) < 4.78 is 0. The van der Waals surface area contributed by atoms with E-state index >= 15 is 0 Å². The zero-order valence-corrected chi connectivity index (χ0v) is 12.0. The van der Waals surface area contributed by atoms with E-state index in [1.165, 1.54) is 4.90 Å². The third kappa shape index (κ3) is 4.51. The molecular formula is C14H24N2O4. The van der Waals surface area contributed by atoms with Crippen LogP contribution in [-0.2, 0) is 14.4 Å². The first-order valence-corrected chi connectivity index (χ1v) is 7.27. The molecule has 0 radical (unpaired) electrons. The van der Waals surface area contributed by atoms with Gasteiger partial charge in [0, 0.05) is 6.54 Å². The van der Waals surface area contributed by atoms with Crippen molar-refractivity contribution < 1.29 is 19.5 Å². The first kappa shape index (κ1) is 16.5. The van der Waals surface area contributed by atoms with Crippen molar-refractivity contribution in [3.63, 3.8) is 0 Å². The number of hydrogen-bond donors (Lipinski definition) is 2. The Morgan fingerprint density at radius 3 is 2.30 bits per heavy atom. The number of nitrogens with two attached hydrogens (primary N) is 1. The van der Waals surface area contributed by atoms with Crippen LogP contribution < -0.4 is 5.73 Å². The van der Waals surface area contributed by atoms with Gasteiger partial charge in [0.25, 0.3) is 0 Å². The maximum Gasteiger partial charge on any atom is 0.307 e. The third-order valence-electron chi connectivity index (χ3n) is 3.84. The largest absolute Gasteiger partial charge is 0.481 e. The highest BCUT2D eigenvalue weighted by Crippen LogP contribution is 2.31. The van der Waals surface area contributed by atoms with E-state index in [1.54, 1.807) is 0 Å². The van der Waals surface area contributed by atoms with Crippen molar-refractivity contribution in [3.05, 3.63) is 0 Å². The maximum atomic E-state index is 12.5. The minimum absolute atomic E-state index is 0.123. The molecule has 3 N–H and O–H groups in total. The Balaban J connectivity index is 2.79. The number of nitrogens with zero attached hydrogens (tertiary/aromatic N) is 1. The number of aliphatic carboxylic acids is 1. The molecule has 0 spiro atoms. The number of primary amides is 1. The van der Waals surface area contributed by atoms with Crippen molar-refractivity contribution in [2.75, 3.05) is 13.1 Å². The van der Waals surface area contributed by atoms with Crippen LogP contribution in [0.2, 0.25) is 0 Å². The SMILES string of the molecule is CCCCN(CC(N)=O)C(=O)C1CCCCC1C(=O)O. The van der Waals surface area contributed by atoms with Crippen LogP contribution in [0.3, 0.4) is 0 Å². The minimum Gasteiger partial charge on any atom is -0.481 e. The third-order valence-corrected chi connectivity index (χ3v) is 3.84. The summed E-state index contributed by atoms with van der Waals surface area (Å²) in [5.74, 6) is -2.86. The predicted molar refractivity (Wildman–Crippen MR) is 73.8 cm³/mol. The van der Waals surface area contributed by atoms with Gasteiger partial charge >= 0.3 is 5.97 Å². The highest BCUT2D eigenvalue weighted by Gasteiger charge is 2.37. The lowest BCUT2D eigenvalue weighted by Gasteiger charge is -2.32. The average molecular weight is 284 g/mol. The Morgan fingerprint density at radius 1 is 1.20 bits per heavy atom. The van der Waals surface area contributed by atoms with E-state index in [-0.39, 0.29) is 12.5 Å². The van der Waals surface area contributed by atoms with Crippen LogP contribution in [0.5, 0.6) is 0 Å². The molecule has 1 aliphatic rings. The second-order valence-corrected chi connectivity index (χ2v) is 5.42. The molecule has 6 heteroatoms. The fraction of sp³-hybridized carbons (Fsp3) is 0.786. The van der Waals surface area contributed by atoms with E-state index in [4.69, 9.17) is 5.73 Å². The molecule has 20 heavy (non-hydrogen) atoms. The number of unbranched alkanes of at least 4 members (excludes halogenated alkanes) is 1. The molecule has 1 saturated carbocycles. The van der Waals surface area contributed by atoms with E-state index in [2.05, 4.69) is 0 Å². The summed E-state index contributed by atoms with van der Waals surface area (Å²) in [6.07, 6.45) is 4.49. The van der Waals surface area contributed by atoms with E-state index in [0.717, 1.165) is 25.7 Å². The van der Waals surface area contributed by atoms with Crippen molar-refractivity contribution in [3.8, 4) is 0 Å². The molecule has 0 bridgehead atoms. The second-order valence-electron chi connectivity index (χ2n) is 5.42. The summed E-state index contributed by atoms with van der Waals surface area (Å²) in [6.45, 7) is 2.33. The fourth-order valence-corrected chi connectivity index (χ4v) is 2.76. The molecule has 2 amide bonds. The Hall–Kier alpha value is -1.59. The monoisotopic (exact) mass is 284 g/mol. The van der Waals surface area contributed by atoms with Crippen molar-refractivity contribution in [1.82, 2.24) is 4.90 Å². The summed E-state index contributed by atoms with van der Waals surface area (Å²) in [5.41, 5.74) is 5.18. The fourth-order valence-electron chi connectivity index (χ4n) is 2.76. The summed E-state index contributed by atoms with van der Waals surface area (Å²) in [7, 11) is 0. The van der Waals surface area contributed by atoms with Gasteiger partial charge in [0.2, 0.25) is 11.8 Å². The Kier molecular flexibility index (Phi) is 6.48. The van der Waals surface area contributed by atoms with Crippen LogP contribution in [0.4, 0.5) is 0 Å². The Bertz CT molecular complexity index is 370. The molecule has 0 aliphatic heterocycles. The summed E-state index contributed by atoms with van der Waals surface area (Å²) in [4.78, 5) is 36.3. The number of hydrogen-bond acceptors (Lipinski definition) is 3. The van der Waals surface area contributed by atoms with Gasteiger partial charge in [-0.05, 0) is 19.3 Å². The van der Waals surface area contributed by atoms with Crippen LogP contribution in [0.1, 0.15) is 45.4 Å². The molecule has 1 fully saturated rings. The Morgan fingerprint density at radius 2 is 1.80 bits per heavy atom. The normalized spacial score (nSPS) is 22.2. The molecule has 0 aromatic carbocycles. The topological polar surface area (TPSA) is 101 Å². The number of carboxylic acids is 1. The number of amides is 2. The lowest BCUT2D eigenvalue weighted by Crippen LogP contribution is -2.46. The van der Waals surface area contributed by atoms with Gasteiger partial charge in [0.15, 0.2) is 0 Å². The minimum atomic E-state index is -0.919. The van der Waals surface area contributed by atoms with Crippen LogP contribution >= 0.6 is 0 Å². The first-order chi connectivity index (χ1) is 9.47. The van der Waals surface area contributed by atoms with Crippen LogP contribution in [0, 0.1) is 11.8 Å². The highest BCUT2D eigenvalue weighted by molar-refractivity contribution is 5.88. The highest BCUT2D eigenvalue weighted by atomic mass is 16.4. The molecule has 6 nitrogen and oxygen atoms in total. The molecule has 1 aliphatic carbocycles. The lowest BCUT2D eigenvalue weighted by molar-refractivity contribution is -0.152. The summed E-state index contributed by atoms with van der Waals surface area (Å²) in [5, 5.41) is 9.23. The van der Waals surface area contributed by atoms with Gasteiger partial charge in [-0.15, -0.1) is 0 Å². The van der Waals surface area contributed by atoms with E-state index in [0.29, 0.717) is 19.4 Å². The zero-order valence-electron chi connectivity index (χ0n) is 12.0. The molecule has 0 aromatic heterocycles. The van der Waals surface area contributed by atoms with E-state index < -0.39 is 23.7 Å². The van der Waals surface area contributed by atoms with Crippen LogP contribution in [0.25, 0.3) is 0 Å². The molecular weight excluding hydrogens is 260 g/mol. The molecule has 0 saturated heterocycles. The first-order valence-electron chi connectivity index (χ1n) is 7.27. The van der Waals surface area contributed by atoms with E-state index in [1.807, 2.05) is 6.92 Å². The van der Waals surface area contributed by atoms with Gasteiger partial charge < -0.3 is 15.7 Å². The van der Waals surface area contributed by atoms with Gasteiger partial charge in [-0.2, -0.15) is 0 Å². The van der Waals surface area contributed by atoms with Crippen molar-refractivity contribution in [1.29, 1.82) is 0 Å². The van der Waals surface area contributed by atoms with Crippen LogP contribution in [-0.4, -0.2) is 40.9 Å². The molecule has 1 rings (SSSR count). The molecule has 114 valence electrons. The maximum absolute atomic E-state index is 12.5. The van der Waals surface area contributed by atoms with Crippen molar-refractivity contribution in [2.24, 2.45) is 17.6 Å². The predicted octanol–water partition coefficient (Wildman–Crippen LogP) is 0.991. The van der Waals surface area contributed by atoms with Gasteiger partial charge in [-0.1, -0.05) is 26.2 Å². The van der Waals surface area contributed by atoms with Gasteiger partial charge in [-0.3, -0.25) is 14.4 Å². The van der Waals surface area contributed by atoms with E-state index in [9.17, 15) is 19.5 Å². The standard InChI is InChI=1S/C14H24N2O4/c1-2-3-8-16(9-12(15)17)13(18)10-6-4-5-7-11(10)14(19)20/h10-11H,2-9H2,1H3,(H2,15,17)(H,19,20).